The van der Waals surface area contributed by atoms with Crippen molar-refractivity contribution in [3.63, 3.8) is 0 Å². The molecule has 0 radical (unpaired) electrons. The zero-order valence-corrected chi connectivity index (χ0v) is 14.4. The molecule has 25 heavy (non-hydrogen) atoms. The number of carbonyl (C=O) groups is 1. The summed E-state index contributed by atoms with van der Waals surface area (Å²) in [7, 11) is 0. The average molecular weight is 341 g/mol. The minimum absolute atomic E-state index is 0.0847. The number of aromatic hydroxyl groups is 1. The van der Waals surface area contributed by atoms with Crippen molar-refractivity contribution < 1.29 is 19.4 Å². The summed E-state index contributed by atoms with van der Waals surface area (Å²) in [6, 6.07) is 9.74. The summed E-state index contributed by atoms with van der Waals surface area (Å²) in [5.41, 5.74) is 3.53. The number of carboxylic acid groups (broad SMARTS) is 1. The second-order valence-electron chi connectivity index (χ2n) is 6.27. The van der Waals surface area contributed by atoms with Gasteiger partial charge in [-0.3, -0.25) is 4.79 Å². The lowest BCUT2D eigenvalue weighted by molar-refractivity contribution is -0.138. The first-order valence-corrected chi connectivity index (χ1v) is 8.18. The van der Waals surface area contributed by atoms with Crippen LogP contribution in [0.15, 0.2) is 36.4 Å². The summed E-state index contributed by atoms with van der Waals surface area (Å²) in [5.74, 6) is -1.77. The summed E-state index contributed by atoms with van der Waals surface area (Å²) >= 11 is 0. The van der Waals surface area contributed by atoms with Crippen molar-refractivity contribution in [2.45, 2.75) is 33.1 Å². The smallest absolute Gasteiger partial charge is 0.311 e. The monoisotopic (exact) mass is 341 g/mol. The number of phenolic OH excluding ortho intramolecular Hbond substituents is 1. The lowest BCUT2D eigenvalue weighted by atomic mass is 9.94. The van der Waals surface area contributed by atoms with Gasteiger partial charge in [0, 0.05) is 16.8 Å². The van der Waals surface area contributed by atoms with E-state index in [9.17, 15) is 19.4 Å². The molecule has 0 fully saturated rings. The first-order valence-electron chi connectivity index (χ1n) is 8.18. The van der Waals surface area contributed by atoms with E-state index in [2.05, 4.69) is 0 Å². The molecular weight excluding hydrogens is 321 g/mol. The molecule has 1 heterocycles. The van der Waals surface area contributed by atoms with Crippen LogP contribution in [-0.4, -0.2) is 20.7 Å². The fourth-order valence-electron chi connectivity index (χ4n) is 3.47. The molecule has 130 valence electrons. The maximum atomic E-state index is 13.7. The number of halogens is 1. The topological polar surface area (TPSA) is 62.5 Å². The van der Waals surface area contributed by atoms with Gasteiger partial charge in [0.05, 0.1) is 11.4 Å². The Morgan fingerprint density at radius 2 is 1.92 bits per heavy atom. The summed E-state index contributed by atoms with van der Waals surface area (Å²) in [5, 5.41) is 20.2. The summed E-state index contributed by atoms with van der Waals surface area (Å²) < 4.78 is 15.6. The Labute approximate surface area is 145 Å². The summed E-state index contributed by atoms with van der Waals surface area (Å²) in [4.78, 5) is 11.7. The van der Waals surface area contributed by atoms with Crippen molar-refractivity contribution in [2.24, 2.45) is 0 Å². The lowest BCUT2D eigenvalue weighted by Gasteiger charge is -2.13. The zero-order chi connectivity index (χ0) is 18.3. The fourth-order valence-corrected chi connectivity index (χ4v) is 3.47. The SMILES string of the molecule is CCC(C(=O)O)c1c(C)n(-c2ccc(F)c(C)c2)c2ccc(O)cc12. The number of aromatic nitrogens is 1. The second kappa shape index (κ2) is 6.24. The quantitative estimate of drug-likeness (QED) is 0.725. The minimum atomic E-state index is -0.900. The van der Waals surface area contributed by atoms with Gasteiger partial charge in [0.25, 0.3) is 0 Å². The van der Waals surface area contributed by atoms with E-state index < -0.39 is 11.9 Å². The Morgan fingerprint density at radius 1 is 1.20 bits per heavy atom. The summed E-state index contributed by atoms with van der Waals surface area (Å²) in [6.07, 6.45) is 0.438. The zero-order valence-electron chi connectivity index (χ0n) is 14.4. The summed E-state index contributed by atoms with van der Waals surface area (Å²) in [6.45, 7) is 5.38. The van der Waals surface area contributed by atoms with E-state index >= 15 is 0 Å². The van der Waals surface area contributed by atoms with Crippen LogP contribution in [0.2, 0.25) is 0 Å². The van der Waals surface area contributed by atoms with Gasteiger partial charge >= 0.3 is 5.97 Å². The van der Waals surface area contributed by atoms with Gasteiger partial charge in [-0.15, -0.1) is 0 Å². The Bertz CT molecular complexity index is 975. The van der Waals surface area contributed by atoms with Crippen LogP contribution in [0.1, 0.15) is 36.1 Å². The number of phenols is 1. The molecule has 3 rings (SSSR count). The number of rotatable bonds is 4. The van der Waals surface area contributed by atoms with E-state index in [-0.39, 0.29) is 11.6 Å². The molecule has 2 aromatic carbocycles. The van der Waals surface area contributed by atoms with Crippen molar-refractivity contribution >= 4 is 16.9 Å². The molecular formula is C20H20FNO3. The maximum absolute atomic E-state index is 13.7. The molecule has 0 aliphatic heterocycles. The number of carboxylic acids is 1. The Morgan fingerprint density at radius 3 is 2.52 bits per heavy atom. The van der Waals surface area contributed by atoms with E-state index in [0.717, 1.165) is 16.9 Å². The van der Waals surface area contributed by atoms with E-state index in [0.29, 0.717) is 22.9 Å². The fraction of sp³-hybridized carbons (Fsp3) is 0.250. The van der Waals surface area contributed by atoms with E-state index in [1.54, 1.807) is 37.3 Å². The van der Waals surface area contributed by atoms with Crippen molar-refractivity contribution in [1.29, 1.82) is 0 Å². The molecule has 2 N–H and O–H groups in total. The van der Waals surface area contributed by atoms with E-state index in [1.165, 1.54) is 6.07 Å². The van der Waals surface area contributed by atoms with Crippen LogP contribution in [0.3, 0.4) is 0 Å². The molecule has 0 spiro atoms. The molecule has 1 unspecified atom stereocenters. The normalized spacial score (nSPS) is 12.5. The Balaban J connectivity index is 2.38. The Kier molecular flexibility index (Phi) is 4.25. The number of aliphatic carboxylic acids is 1. The predicted octanol–water partition coefficient (Wildman–Crippen LogP) is 4.67. The van der Waals surface area contributed by atoms with Crippen LogP contribution >= 0.6 is 0 Å². The van der Waals surface area contributed by atoms with Gasteiger partial charge in [0.2, 0.25) is 0 Å². The molecule has 0 aliphatic rings. The van der Waals surface area contributed by atoms with Crippen LogP contribution in [0.25, 0.3) is 16.6 Å². The maximum Gasteiger partial charge on any atom is 0.311 e. The number of hydrogen-bond donors (Lipinski definition) is 2. The van der Waals surface area contributed by atoms with Crippen molar-refractivity contribution in [3.8, 4) is 11.4 Å². The number of nitrogens with zero attached hydrogens (tertiary/aromatic N) is 1. The van der Waals surface area contributed by atoms with Crippen LogP contribution < -0.4 is 0 Å². The molecule has 0 aliphatic carbocycles. The molecule has 1 aromatic heterocycles. The number of aryl methyl sites for hydroxylation is 1. The third-order valence-electron chi connectivity index (χ3n) is 4.69. The average Bonchev–Trinajstić information content (AvgIpc) is 2.83. The lowest BCUT2D eigenvalue weighted by Crippen LogP contribution is -2.12. The number of benzene rings is 2. The molecule has 0 saturated carbocycles. The molecule has 5 heteroatoms. The van der Waals surface area contributed by atoms with Crippen LogP contribution in [-0.2, 0) is 4.79 Å². The number of hydrogen-bond acceptors (Lipinski definition) is 2. The van der Waals surface area contributed by atoms with E-state index in [1.807, 2.05) is 18.4 Å². The molecule has 0 saturated heterocycles. The third kappa shape index (κ3) is 2.76. The van der Waals surface area contributed by atoms with Gasteiger partial charge in [0.15, 0.2) is 0 Å². The van der Waals surface area contributed by atoms with Gasteiger partial charge in [-0.05, 0) is 67.8 Å². The van der Waals surface area contributed by atoms with Crippen molar-refractivity contribution in [1.82, 2.24) is 4.57 Å². The van der Waals surface area contributed by atoms with Gasteiger partial charge in [-0.1, -0.05) is 6.92 Å². The van der Waals surface area contributed by atoms with Crippen molar-refractivity contribution in [3.05, 3.63) is 59.0 Å². The molecule has 4 nitrogen and oxygen atoms in total. The van der Waals surface area contributed by atoms with Gasteiger partial charge < -0.3 is 14.8 Å². The van der Waals surface area contributed by atoms with Crippen molar-refractivity contribution in [2.75, 3.05) is 0 Å². The van der Waals surface area contributed by atoms with Crippen LogP contribution in [0.4, 0.5) is 4.39 Å². The number of fused-ring (bicyclic) bond motifs is 1. The highest BCUT2D eigenvalue weighted by molar-refractivity contribution is 5.93. The molecule has 0 amide bonds. The molecule has 3 aromatic rings. The van der Waals surface area contributed by atoms with Gasteiger partial charge in [-0.2, -0.15) is 0 Å². The second-order valence-corrected chi connectivity index (χ2v) is 6.27. The molecule has 1 atom stereocenters. The largest absolute Gasteiger partial charge is 0.508 e. The highest BCUT2D eigenvalue weighted by atomic mass is 19.1. The highest BCUT2D eigenvalue weighted by Gasteiger charge is 2.26. The first-order chi connectivity index (χ1) is 11.8. The van der Waals surface area contributed by atoms with Gasteiger partial charge in [-0.25, -0.2) is 4.39 Å². The first kappa shape index (κ1) is 17.0. The third-order valence-corrected chi connectivity index (χ3v) is 4.69. The van der Waals surface area contributed by atoms with Crippen LogP contribution in [0.5, 0.6) is 5.75 Å². The molecule has 0 bridgehead atoms. The van der Waals surface area contributed by atoms with Crippen LogP contribution in [0, 0.1) is 19.7 Å². The predicted molar refractivity (Wildman–Crippen MR) is 95.0 cm³/mol. The standard InChI is InChI=1S/C20H20FNO3/c1-4-15(20(24)25)19-12(3)22(13-5-7-17(21)11(2)9-13)18-8-6-14(23)10-16(18)19/h5-10,15,23H,4H2,1-3H3,(H,24,25). The van der Waals surface area contributed by atoms with E-state index in [4.69, 9.17) is 0 Å². The Hall–Kier alpha value is -2.82. The van der Waals surface area contributed by atoms with Gasteiger partial charge in [0.1, 0.15) is 11.6 Å². The minimum Gasteiger partial charge on any atom is -0.508 e. The highest BCUT2D eigenvalue weighted by Crippen LogP contribution is 2.37.